The molecule has 0 aromatic carbocycles. The molecule has 1 aromatic heterocycles. The number of nitrogens with two attached hydrogens (primary N) is 1. The number of amides is 2. The Morgan fingerprint density at radius 1 is 1.43 bits per heavy atom. The third-order valence-electron chi connectivity index (χ3n) is 3.97. The van der Waals surface area contributed by atoms with Crippen LogP contribution in [0.1, 0.15) is 33.0 Å². The molecule has 0 saturated carbocycles. The highest BCUT2D eigenvalue weighted by Crippen LogP contribution is 2.25. The summed E-state index contributed by atoms with van der Waals surface area (Å²) < 4.78 is 0. The second-order valence-electron chi connectivity index (χ2n) is 5.33. The van der Waals surface area contributed by atoms with E-state index in [0.29, 0.717) is 4.88 Å². The van der Waals surface area contributed by atoms with Gasteiger partial charge in [-0.15, -0.1) is 11.3 Å². The predicted octanol–water partition coefficient (Wildman–Crippen LogP) is 0.618. The van der Waals surface area contributed by atoms with E-state index in [0.717, 1.165) is 42.9 Å². The number of aryl methyl sites for hydroxylation is 1. The van der Waals surface area contributed by atoms with Crippen LogP contribution in [0.25, 0.3) is 0 Å². The lowest BCUT2D eigenvalue weighted by molar-refractivity contribution is -0.125. The van der Waals surface area contributed by atoms with Gasteiger partial charge in [0, 0.05) is 24.4 Å². The summed E-state index contributed by atoms with van der Waals surface area (Å²) in [7, 11) is 1.69. The van der Waals surface area contributed by atoms with Gasteiger partial charge in [0.2, 0.25) is 5.91 Å². The molecule has 0 spiro atoms. The van der Waals surface area contributed by atoms with Crippen molar-refractivity contribution in [3.63, 3.8) is 0 Å². The molecule has 1 fully saturated rings. The van der Waals surface area contributed by atoms with Crippen LogP contribution in [0.15, 0.2) is 6.07 Å². The molecule has 0 unspecified atom stereocenters. The number of carbonyl (C=O) groups is 2. The maximum Gasteiger partial charge on any atom is 0.275 e. The van der Waals surface area contributed by atoms with Crippen LogP contribution in [0.5, 0.6) is 0 Å². The SMILES string of the molecule is CNC(=O)C1CCN(Cc2cc(C(=O)NN)sc2C)CC1. The van der Waals surface area contributed by atoms with Crippen molar-refractivity contribution in [1.29, 1.82) is 0 Å². The molecular formula is C14H22N4O2S. The quantitative estimate of drug-likeness (QED) is 0.432. The molecule has 0 bridgehead atoms. The Morgan fingerprint density at radius 2 is 2.10 bits per heavy atom. The molecule has 1 aromatic rings. The van der Waals surface area contributed by atoms with Crippen LogP contribution in [-0.2, 0) is 11.3 Å². The van der Waals surface area contributed by atoms with Crippen molar-refractivity contribution in [3.8, 4) is 0 Å². The van der Waals surface area contributed by atoms with Gasteiger partial charge in [-0.1, -0.05) is 0 Å². The molecule has 0 atom stereocenters. The highest BCUT2D eigenvalue weighted by atomic mass is 32.1. The van der Waals surface area contributed by atoms with Crippen molar-refractivity contribution in [3.05, 3.63) is 21.4 Å². The van der Waals surface area contributed by atoms with E-state index in [9.17, 15) is 9.59 Å². The monoisotopic (exact) mass is 310 g/mol. The lowest BCUT2D eigenvalue weighted by Crippen LogP contribution is -2.39. The van der Waals surface area contributed by atoms with Crippen molar-refractivity contribution >= 4 is 23.2 Å². The van der Waals surface area contributed by atoms with Crippen molar-refractivity contribution in [2.24, 2.45) is 11.8 Å². The van der Waals surface area contributed by atoms with Gasteiger partial charge >= 0.3 is 0 Å². The number of nitrogens with zero attached hydrogens (tertiary/aromatic N) is 1. The van der Waals surface area contributed by atoms with Crippen LogP contribution in [-0.4, -0.2) is 36.9 Å². The van der Waals surface area contributed by atoms with E-state index in [1.807, 2.05) is 13.0 Å². The Balaban J connectivity index is 1.93. The summed E-state index contributed by atoms with van der Waals surface area (Å²) in [6.45, 7) is 4.66. The van der Waals surface area contributed by atoms with Gasteiger partial charge < -0.3 is 5.32 Å². The van der Waals surface area contributed by atoms with Crippen molar-refractivity contribution in [1.82, 2.24) is 15.6 Å². The van der Waals surface area contributed by atoms with Gasteiger partial charge in [-0.3, -0.25) is 19.9 Å². The zero-order valence-electron chi connectivity index (χ0n) is 12.4. The highest BCUT2D eigenvalue weighted by molar-refractivity contribution is 7.14. The first kappa shape index (κ1) is 15.9. The Hall–Kier alpha value is -1.44. The van der Waals surface area contributed by atoms with Gasteiger partial charge in [-0.05, 0) is 44.5 Å². The predicted molar refractivity (Wildman–Crippen MR) is 82.8 cm³/mol. The lowest BCUT2D eigenvalue weighted by atomic mass is 9.95. The summed E-state index contributed by atoms with van der Waals surface area (Å²) in [6.07, 6.45) is 1.78. The molecule has 21 heavy (non-hydrogen) atoms. The van der Waals surface area contributed by atoms with Crippen LogP contribution >= 0.6 is 11.3 Å². The second-order valence-corrected chi connectivity index (χ2v) is 6.59. The standard InChI is InChI=1S/C14H22N4O2S/c1-9-11(7-12(21-9)14(20)17-15)8-18-5-3-10(4-6-18)13(19)16-2/h7,10H,3-6,8,15H2,1-2H3,(H,16,19)(H,17,20). The fraction of sp³-hybridized carbons (Fsp3) is 0.571. The minimum Gasteiger partial charge on any atom is -0.359 e. The van der Waals surface area contributed by atoms with Gasteiger partial charge in [0.05, 0.1) is 4.88 Å². The number of hydrogen-bond donors (Lipinski definition) is 3. The third kappa shape index (κ3) is 3.81. The molecule has 1 aliphatic rings. The smallest absolute Gasteiger partial charge is 0.275 e. The van der Waals surface area contributed by atoms with Crippen molar-refractivity contribution in [2.45, 2.75) is 26.3 Å². The van der Waals surface area contributed by atoms with Gasteiger partial charge in [0.1, 0.15) is 0 Å². The number of likely N-dealkylation sites (tertiary alicyclic amines) is 1. The molecule has 0 radical (unpaired) electrons. The van der Waals surface area contributed by atoms with Gasteiger partial charge in [-0.25, -0.2) is 5.84 Å². The topological polar surface area (TPSA) is 87.5 Å². The Morgan fingerprint density at radius 3 is 2.67 bits per heavy atom. The molecular weight excluding hydrogens is 288 g/mol. The van der Waals surface area contributed by atoms with Gasteiger partial charge in [-0.2, -0.15) is 0 Å². The second kappa shape index (κ2) is 7.02. The molecule has 1 saturated heterocycles. The summed E-state index contributed by atoms with van der Waals surface area (Å²) in [5, 5.41) is 2.72. The molecule has 0 aliphatic carbocycles. The van der Waals surface area contributed by atoms with E-state index in [-0.39, 0.29) is 17.7 Å². The average Bonchev–Trinajstić information content (AvgIpc) is 2.87. The number of thiophene rings is 1. The average molecular weight is 310 g/mol. The van der Waals surface area contributed by atoms with Crippen LogP contribution in [0.4, 0.5) is 0 Å². The molecule has 116 valence electrons. The highest BCUT2D eigenvalue weighted by Gasteiger charge is 2.24. The fourth-order valence-corrected chi connectivity index (χ4v) is 3.60. The first-order valence-electron chi connectivity index (χ1n) is 7.09. The van der Waals surface area contributed by atoms with E-state index in [4.69, 9.17) is 5.84 Å². The first-order valence-corrected chi connectivity index (χ1v) is 7.91. The summed E-state index contributed by atoms with van der Waals surface area (Å²) in [4.78, 5) is 27.3. The maximum atomic E-state index is 11.6. The number of piperidine rings is 1. The molecule has 6 nitrogen and oxygen atoms in total. The van der Waals surface area contributed by atoms with Gasteiger partial charge in [0.15, 0.2) is 0 Å². The minimum absolute atomic E-state index is 0.133. The molecule has 2 heterocycles. The molecule has 1 aliphatic heterocycles. The van der Waals surface area contributed by atoms with Gasteiger partial charge in [0.25, 0.3) is 5.91 Å². The lowest BCUT2D eigenvalue weighted by Gasteiger charge is -2.31. The number of carbonyl (C=O) groups excluding carboxylic acids is 2. The Labute approximate surface area is 128 Å². The number of hydrazine groups is 1. The maximum absolute atomic E-state index is 11.6. The molecule has 4 N–H and O–H groups in total. The van der Waals surface area contributed by atoms with Crippen molar-refractivity contribution < 1.29 is 9.59 Å². The number of nitrogen functional groups attached to an aromatic ring is 1. The Bertz CT molecular complexity index is 521. The Kier molecular flexibility index (Phi) is 5.33. The van der Waals surface area contributed by atoms with Crippen LogP contribution in [0, 0.1) is 12.8 Å². The first-order chi connectivity index (χ1) is 10.0. The molecule has 2 amide bonds. The van der Waals surface area contributed by atoms with Crippen LogP contribution in [0.3, 0.4) is 0 Å². The van der Waals surface area contributed by atoms with Crippen LogP contribution < -0.4 is 16.6 Å². The summed E-state index contributed by atoms with van der Waals surface area (Å²) >= 11 is 1.46. The summed E-state index contributed by atoms with van der Waals surface area (Å²) in [5.41, 5.74) is 3.33. The molecule has 2 rings (SSSR count). The molecule has 7 heteroatoms. The number of nitrogens with one attached hydrogen (secondary N) is 2. The van der Waals surface area contributed by atoms with E-state index < -0.39 is 0 Å². The van der Waals surface area contributed by atoms with E-state index >= 15 is 0 Å². The van der Waals surface area contributed by atoms with E-state index in [1.165, 1.54) is 11.3 Å². The van der Waals surface area contributed by atoms with Crippen molar-refractivity contribution in [2.75, 3.05) is 20.1 Å². The summed E-state index contributed by atoms with van der Waals surface area (Å²) in [5.74, 6) is 5.20. The fourth-order valence-electron chi connectivity index (χ4n) is 2.66. The normalized spacial score (nSPS) is 16.7. The summed E-state index contributed by atoms with van der Waals surface area (Å²) in [6, 6.07) is 1.91. The number of rotatable bonds is 4. The van der Waals surface area contributed by atoms with Crippen LogP contribution in [0.2, 0.25) is 0 Å². The largest absolute Gasteiger partial charge is 0.359 e. The van der Waals surface area contributed by atoms with E-state index in [2.05, 4.69) is 15.6 Å². The zero-order valence-corrected chi connectivity index (χ0v) is 13.3. The third-order valence-corrected chi connectivity index (χ3v) is 5.07. The number of hydrogen-bond acceptors (Lipinski definition) is 5. The minimum atomic E-state index is -0.243. The van der Waals surface area contributed by atoms with E-state index in [1.54, 1.807) is 7.05 Å². The zero-order chi connectivity index (χ0) is 15.4.